The van der Waals surface area contributed by atoms with Gasteiger partial charge in [-0.05, 0) is 37.6 Å². The molecule has 2 aromatic rings. The van der Waals surface area contributed by atoms with Crippen molar-refractivity contribution < 1.29 is 9.18 Å². The van der Waals surface area contributed by atoms with Gasteiger partial charge < -0.3 is 11.1 Å². The third-order valence-corrected chi connectivity index (χ3v) is 3.08. The molecule has 2 rings (SSSR count). The first-order chi connectivity index (χ1) is 9.00. The van der Waals surface area contributed by atoms with Crippen LogP contribution in [-0.4, -0.2) is 5.91 Å². The van der Waals surface area contributed by atoms with E-state index in [-0.39, 0.29) is 11.7 Å². The Hall–Kier alpha value is -2.36. The molecule has 2 aromatic carbocycles. The van der Waals surface area contributed by atoms with E-state index in [2.05, 4.69) is 5.32 Å². The SMILES string of the molecule is Cc1cccc(C(=O)Nc2cccc(F)c2C)c1N. The number of halogens is 1. The molecule has 3 N–H and O–H groups in total. The fourth-order valence-corrected chi connectivity index (χ4v) is 1.81. The van der Waals surface area contributed by atoms with Crippen molar-refractivity contribution in [3.05, 3.63) is 58.9 Å². The van der Waals surface area contributed by atoms with Crippen molar-refractivity contribution in [2.24, 2.45) is 0 Å². The van der Waals surface area contributed by atoms with Gasteiger partial charge in [-0.1, -0.05) is 18.2 Å². The second-order valence-corrected chi connectivity index (χ2v) is 4.40. The quantitative estimate of drug-likeness (QED) is 0.812. The van der Waals surface area contributed by atoms with Crippen molar-refractivity contribution in [3.8, 4) is 0 Å². The molecule has 0 spiro atoms. The normalized spacial score (nSPS) is 10.3. The van der Waals surface area contributed by atoms with Gasteiger partial charge in [-0.3, -0.25) is 4.79 Å². The highest BCUT2D eigenvalue weighted by Gasteiger charge is 2.13. The number of carbonyl (C=O) groups is 1. The second kappa shape index (κ2) is 5.10. The Morgan fingerprint density at radius 1 is 1.16 bits per heavy atom. The van der Waals surface area contributed by atoms with Gasteiger partial charge in [0.25, 0.3) is 5.91 Å². The van der Waals surface area contributed by atoms with E-state index in [1.807, 2.05) is 13.0 Å². The predicted octanol–water partition coefficient (Wildman–Crippen LogP) is 3.28. The average Bonchev–Trinajstić information content (AvgIpc) is 2.38. The van der Waals surface area contributed by atoms with Gasteiger partial charge in [0.05, 0.1) is 5.56 Å². The van der Waals surface area contributed by atoms with Gasteiger partial charge in [0.2, 0.25) is 0 Å². The van der Waals surface area contributed by atoms with Crippen LogP contribution in [0.3, 0.4) is 0 Å². The number of hydrogen-bond acceptors (Lipinski definition) is 2. The number of carbonyl (C=O) groups excluding carboxylic acids is 1. The van der Waals surface area contributed by atoms with E-state index in [0.717, 1.165) is 5.56 Å². The number of nitrogens with two attached hydrogens (primary N) is 1. The Kier molecular flexibility index (Phi) is 3.51. The maximum absolute atomic E-state index is 13.4. The molecule has 19 heavy (non-hydrogen) atoms. The summed E-state index contributed by atoms with van der Waals surface area (Å²) in [7, 11) is 0. The lowest BCUT2D eigenvalue weighted by atomic mass is 10.1. The zero-order valence-corrected chi connectivity index (χ0v) is 10.8. The summed E-state index contributed by atoms with van der Waals surface area (Å²) < 4.78 is 13.4. The first-order valence-electron chi connectivity index (χ1n) is 5.92. The van der Waals surface area contributed by atoms with Crippen LogP contribution in [0.15, 0.2) is 36.4 Å². The first kappa shape index (κ1) is 13.1. The summed E-state index contributed by atoms with van der Waals surface area (Å²) in [5.41, 5.74) is 8.39. The van der Waals surface area contributed by atoms with Crippen molar-refractivity contribution in [1.82, 2.24) is 0 Å². The molecule has 0 fully saturated rings. The molecule has 0 bridgehead atoms. The van der Waals surface area contributed by atoms with Crippen molar-refractivity contribution in [2.75, 3.05) is 11.1 Å². The highest BCUT2D eigenvalue weighted by Crippen LogP contribution is 2.21. The van der Waals surface area contributed by atoms with Crippen LogP contribution in [0, 0.1) is 19.7 Å². The number of nitrogens with one attached hydrogen (secondary N) is 1. The zero-order chi connectivity index (χ0) is 14.0. The van der Waals surface area contributed by atoms with Crippen LogP contribution in [0.5, 0.6) is 0 Å². The summed E-state index contributed by atoms with van der Waals surface area (Å²) in [5.74, 6) is -0.690. The summed E-state index contributed by atoms with van der Waals surface area (Å²) in [6, 6.07) is 9.80. The number of aryl methyl sites for hydroxylation is 1. The van der Waals surface area contributed by atoms with E-state index in [0.29, 0.717) is 22.5 Å². The minimum Gasteiger partial charge on any atom is -0.398 e. The number of hydrogen-bond donors (Lipinski definition) is 2. The van der Waals surface area contributed by atoms with Crippen molar-refractivity contribution in [1.29, 1.82) is 0 Å². The maximum atomic E-state index is 13.4. The second-order valence-electron chi connectivity index (χ2n) is 4.40. The van der Waals surface area contributed by atoms with Crippen LogP contribution in [0.25, 0.3) is 0 Å². The third kappa shape index (κ3) is 2.57. The van der Waals surface area contributed by atoms with Crippen LogP contribution < -0.4 is 11.1 Å². The van der Waals surface area contributed by atoms with E-state index in [1.165, 1.54) is 6.07 Å². The minimum absolute atomic E-state index is 0.338. The monoisotopic (exact) mass is 258 g/mol. The predicted molar refractivity (Wildman–Crippen MR) is 74.7 cm³/mol. The molecule has 0 heterocycles. The molecule has 1 amide bonds. The summed E-state index contributed by atoms with van der Waals surface area (Å²) in [6.45, 7) is 3.45. The highest BCUT2D eigenvalue weighted by atomic mass is 19.1. The average molecular weight is 258 g/mol. The van der Waals surface area contributed by atoms with Gasteiger partial charge in [0.1, 0.15) is 5.82 Å². The van der Waals surface area contributed by atoms with Crippen LogP contribution >= 0.6 is 0 Å². The Morgan fingerprint density at radius 3 is 2.58 bits per heavy atom. The number of rotatable bonds is 2. The Bertz CT molecular complexity index is 638. The Balaban J connectivity index is 2.31. The highest BCUT2D eigenvalue weighted by molar-refractivity contribution is 6.08. The lowest BCUT2D eigenvalue weighted by Gasteiger charge is -2.11. The van der Waals surface area contributed by atoms with Crippen molar-refractivity contribution >= 4 is 17.3 Å². The molecule has 0 saturated heterocycles. The number of nitrogen functional groups attached to an aromatic ring is 1. The molecule has 4 heteroatoms. The molecular weight excluding hydrogens is 243 g/mol. The van der Waals surface area contributed by atoms with E-state index in [4.69, 9.17) is 5.73 Å². The van der Waals surface area contributed by atoms with Crippen molar-refractivity contribution in [2.45, 2.75) is 13.8 Å². The third-order valence-electron chi connectivity index (χ3n) is 3.08. The number of anilines is 2. The minimum atomic E-state index is -0.352. The first-order valence-corrected chi connectivity index (χ1v) is 5.92. The molecule has 0 unspecified atom stereocenters. The molecule has 0 radical (unpaired) electrons. The largest absolute Gasteiger partial charge is 0.398 e. The lowest BCUT2D eigenvalue weighted by Crippen LogP contribution is -2.15. The summed E-state index contributed by atoms with van der Waals surface area (Å²) in [4.78, 5) is 12.1. The van der Waals surface area contributed by atoms with Gasteiger partial charge in [0.15, 0.2) is 0 Å². The summed E-state index contributed by atoms with van der Waals surface area (Å²) >= 11 is 0. The number of para-hydroxylation sites is 1. The van der Waals surface area contributed by atoms with Crippen LogP contribution in [0.1, 0.15) is 21.5 Å². The molecular formula is C15H15FN2O. The molecule has 98 valence electrons. The number of amides is 1. The maximum Gasteiger partial charge on any atom is 0.257 e. The molecule has 3 nitrogen and oxygen atoms in total. The van der Waals surface area contributed by atoms with Gasteiger partial charge in [-0.2, -0.15) is 0 Å². The van der Waals surface area contributed by atoms with E-state index in [9.17, 15) is 9.18 Å². The van der Waals surface area contributed by atoms with E-state index in [1.54, 1.807) is 31.2 Å². The number of benzene rings is 2. The molecule has 0 aromatic heterocycles. The fourth-order valence-electron chi connectivity index (χ4n) is 1.81. The van der Waals surface area contributed by atoms with Gasteiger partial charge in [0, 0.05) is 16.9 Å². The van der Waals surface area contributed by atoms with Crippen LogP contribution in [0.2, 0.25) is 0 Å². The molecule has 0 atom stereocenters. The van der Waals surface area contributed by atoms with Gasteiger partial charge >= 0.3 is 0 Å². The Morgan fingerprint density at radius 2 is 1.84 bits per heavy atom. The van der Waals surface area contributed by atoms with Gasteiger partial charge in [-0.15, -0.1) is 0 Å². The topological polar surface area (TPSA) is 55.1 Å². The smallest absolute Gasteiger partial charge is 0.257 e. The molecule has 0 aliphatic rings. The lowest BCUT2D eigenvalue weighted by molar-refractivity contribution is 0.102. The fraction of sp³-hybridized carbons (Fsp3) is 0.133. The van der Waals surface area contributed by atoms with E-state index < -0.39 is 0 Å². The molecule has 0 saturated carbocycles. The summed E-state index contributed by atoms with van der Waals surface area (Å²) in [6.07, 6.45) is 0. The summed E-state index contributed by atoms with van der Waals surface area (Å²) in [5, 5.41) is 2.68. The van der Waals surface area contributed by atoms with Crippen molar-refractivity contribution in [3.63, 3.8) is 0 Å². The van der Waals surface area contributed by atoms with E-state index >= 15 is 0 Å². The standard InChI is InChI=1S/C15H15FN2O/c1-9-5-3-6-11(14(9)17)15(19)18-13-8-4-7-12(16)10(13)2/h3-8H,17H2,1-2H3,(H,18,19). The van der Waals surface area contributed by atoms with Crippen LogP contribution in [-0.2, 0) is 0 Å². The van der Waals surface area contributed by atoms with Gasteiger partial charge in [-0.25, -0.2) is 4.39 Å². The molecule has 0 aliphatic heterocycles. The van der Waals surface area contributed by atoms with Crippen LogP contribution in [0.4, 0.5) is 15.8 Å². The molecule has 0 aliphatic carbocycles. The zero-order valence-electron chi connectivity index (χ0n) is 10.8. The Labute approximate surface area is 111 Å².